The summed E-state index contributed by atoms with van der Waals surface area (Å²) in [6.45, 7) is 11.2. The lowest BCUT2D eigenvalue weighted by Crippen LogP contribution is -2.44. The van der Waals surface area contributed by atoms with E-state index in [4.69, 9.17) is 4.74 Å². The zero-order valence-electron chi connectivity index (χ0n) is 10.4. The molecular weight excluding hydrogens is 204 g/mol. The lowest BCUT2D eigenvalue weighted by Gasteiger charge is -2.32. The molecule has 0 aromatic heterocycles. The van der Waals surface area contributed by atoms with E-state index in [1.165, 1.54) is 0 Å². The van der Waals surface area contributed by atoms with E-state index in [0.717, 1.165) is 39.1 Å². The van der Waals surface area contributed by atoms with Crippen LogP contribution >= 0.6 is 0 Å². The van der Waals surface area contributed by atoms with Crippen molar-refractivity contribution in [3.8, 4) is 0 Å². The molecule has 1 aliphatic heterocycles. The van der Waals surface area contributed by atoms with E-state index in [-0.39, 0.29) is 5.97 Å². The van der Waals surface area contributed by atoms with Gasteiger partial charge in [-0.1, -0.05) is 6.58 Å². The third-order valence-corrected chi connectivity index (χ3v) is 2.80. The summed E-state index contributed by atoms with van der Waals surface area (Å²) in [6.07, 6.45) is 0.905. The van der Waals surface area contributed by atoms with E-state index in [0.29, 0.717) is 12.2 Å². The van der Waals surface area contributed by atoms with Crippen LogP contribution in [0.2, 0.25) is 0 Å². The van der Waals surface area contributed by atoms with E-state index in [1.54, 1.807) is 6.92 Å². The van der Waals surface area contributed by atoms with Crippen LogP contribution < -0.4 is 0 Å². The third kappa shape index (κ3) is 4.77. The Morgan fingerprint density at radius 2 is 1.94 bits per heavy atom. The fourth-order valence-electron chi connectivity index (χ4n) is 1.65. The standard InChI is InChI=1S/C12H22N2O2/c1-11(2)12(15)16-10-4-5-14-8-6-13(3)7-9-14/h1,4-10H2,2-3H3. The van der Waals surface area contributed by atoms with E-state index in [1.807, 2.05) is 0 Å². The summed E-state index contributed by atoms with van der Waals surface area (Å²) in [6, 6.07) is 0. The Labute approximate surface area is 97.9 Å². The molecule has 1 saturated heterocycles. The van der Waals surface area contributed by atoms with Gasteiger partial charge in [-0.2, -0.15) is 0 Å². The smallest absolute Gasteiger partial charge is 0.333 e. The van der Waals surface area contributed by atoms with Crippen LogP contribution in [0.1, 0.15) is 13.3 Å². The van der Waals surface area contributed by atoms with Crippen molar-refractivity contribution in [1.29, 1.82) is 0 Å². The van der Waals surface area contributed by atoms with E-state index < -0.39 is 0 Å². The SMILES string of the molecule is C=C(C)C(=O)OCCCN1CCN(C)CC1. The third-order valence-electron chi connectivity index (χ3n) is 2.80. The predicted octanol–water partition coefficient (Wildman–Crippen LogP) is 0.743. The highest BCUT2D eigenvalue weighted by Gasteiger charge is 2.13. The molecular formula is C12H22N2O2. The van der Waals surface area contributed by atoms with Gasteiger partial charge >= 0.3 is 5.97 Å². The number of carbonyl (C=O) groups is 1. The van der Waals surface area contributed by atoms with E-state index >= 15 is 0 Å². The number of ether oxygens (including phenoxy) is 1. The fraction of sp³-hybridized carbons (Fsp3) is 0.750. The summed E-state index contributed by atoms with van der Waals surface area (Å²) in [4.78, 5) is 15.8. The van der Waals surface area contributed by atoms with Crippen LogP contribution in [0.4, 0.5) is 0 Å². The van der Waals surface area contributed by atoms with Crippen molar-refractivity contribution in [1.82, 2.24) is 9.80 Å². The minimum Gasteiger partial charge on any atom is -0.462 e. The molecule has 0 aromatic rings. The second-order valence-corrected chi connectivity index (χ2v) is 4.41. The number of nitrogens with zero attached hydrogens (tertiary/aromatic N) is 2. The zero-order valence-corrected chi connectivity index (χ0v) is 10.4. The first-order valence-electron chi connectivity index (χ1n) is 5.83. The van der Waals surface area contributed by atoms with Gasteiger partial charge in [-0.15, -0.1) is 0 Å². The summed E-state index contributed by atoms with van der Waals surface area (Å²) in [5, 5.41) is 0. The molecule has 0 unspecified atom stereocenters. The minimum atomic E-state index is -0.279. The molecule has 0 bridgehead atoms. The quantitative estimate of drug-likeness (QED) is 0.393. The van der Waals surface area contributed by atoms with E-state index in [9.17, 15) is 4.79 Å². The highest BCUT2D eigenvalue weighted by molar-refractivity contribution is 5.86. The average Bonchev–Trinajstić information content (AvgIpc) is 2.26. The highest BCUT2D eigenvalue weighted by atomic mass is 16.5. The van der Waals surface area contributed by atoms with Gasteiger partial charge in [-0.25, -0.2) is 4.79 Å². The lowest BCUT2D eigenvalue weighted by atomic mass is 10.3. The van der Waals surface area contributed by atoms with Gasteiger partial charge in [0, 0.05) is 38.3 Å². The molecule has 0 amide bonds. The van der Waals surface area contributed by atoms with Crippen LogP contribution in [0.15, 0.2) is 12.2 Å². The van der Waals surface area contributed by atoms with Gasteiger partial charge in [0.15, 0.2) is 0 Å². The van der Waals surface area contributed by atoms with Crippen LogP contribution in [-0.2, 0) is 9.53 Å². The molecule has 1 aliphatic rings. The average molecular weight is 226 g/mol. The molecule has 0 aliphatic carbocycles. The maximum atomic E-state index is 11.1. The van der Waals surface area contributed by atoms with Gasteiger partial charge in [0.2, 0.25) is 0 Å². The van der Waals surface area contributed by atoms with Gasteiger partial charge < -0.3 is 14.5 Å². The van der Waals surface area contributed by atoms with Crippen LogP contribution in [0.25, 0.3) is 0 Å². The molecule has 0 aromatic carbocycles. The number of rotatable bonds is 5. The Kier molecular flexibility index (Phi) is 5.49. The number of piperazine rings is 1. The monoisotopic (exact) mass is 226 g/mol. The Morgan fingerprint density at radius 3 is 2.50 bits per heavy atom. The van der Waals surface area contributed by atoms with Gasteiger partial charge in [0.1, 0.15) is 0 Å². The van der Waals surface area contributed by atoms with Crippen molar-refractivity contribution < 1.29 is 9.53 Å². The predicted molar refractivity (Wildman–Crippen MR) is 64.3 cm³/mol. The normalized spacial score (nSPS) is 18.4. The van der Waals surface area contributed by atoms with Gasteiger partial charge in [0.05, 0.1) is 6.61 Å². The highest BCUT2D eigenvalue weighted by Crippen LogP contribution is 2.01. The molecule has 0 radical (unpaired) electrons. The molecule has 16 heavy (non-hydrogen) atoms. The molecule has 1 heterocycles. The van der Waals surface area contributed by atoms with Crippen molar-refractivity contribution in [3.63, 3.8) is 0 Å². The molecule has 4 heteroatoms. The van der Waals surface area contributed by atoms with Crippen molar-refractivity contribution in [2.75, 3.05) is 46.4 Å². The lowest BCUT2D eigenvalue weighted by molar-refractivity contribution is -0.139. The largest absolute Gasteiger partial charge is 0.462 e. The van der Waals surface area contributed by atoms with Crippen molar-refractivity contribution in [2.24, 2.45) is 0 Å². The molecule has 0 N–H and O–H groups in total. The van der Waals surface area contributed by atoms with Crippen molar-refractivity contribution >= 4 is 5.97 Å². The maximum Gasteiger partial charge on any atom is 0.333 e. The Hall–Kier alpha value is -0.870. The summed E-state index contributed by atoms with van der Waals surface area (Å²) in [7, 11) is 2.14. The molecule has 0 saturated carbocycles. The summed E-state index contributed by atoms with van der Waals surface area (Å²) in [5.74, 6) is -0.279. The number of likely N-dealkylation sites (N-methyl/N-ethyl adjacent to an activating group) is 1. The molecule has 1 rings (SSSR count). The Morgan fingerprint density at radius 1 is 1.31 bits per heavy atom. The number of hydrogen-bond donors (Lipinski definition) is 0. The first-order valence-corrected chi connectivity index (χ1v) is 5.83. The van der Waals surface area contributed by atoms with Crippen LogP contribution in [0.3, 0.4) is 0 Å². The van der Waals surface area contributed by atoms with Crippen molar-refractivity contribution in [2.45, 2.75) is 13.3 Å². The first-order chi connectivity index (χ1) is 7.59. The minimum absolute atomic E-state index is 0.279. The van der Waals surface area contributed by atoms with Gasteiger partial charge in [-0.3, -0.25) is 0 Å². The van der Waals surface area contributed by atoms with Gasteiger partial charge in [0.25, 0.3) is 0 Å². The van der Waals surface area contributed by atoms with Crippen LogP contribution in [0, 0.1) is 0 Å². The second kappa shape index (κ2) is 6.66. The van der Waals surface area contributed by atoms with Crippen molar-refractivity contribution in [3.05, 3.63) is 12.2 Å². The molecule has 4 nitrogen and oxygen atoms in total. The van der Waals surface area contributed by atoms with E-state index in [2.05, 4.69) is 23.4 Å². The Balaban J connectivity index is 2.03. The molecule has 1 fully saturated rings. The summed E-state index contributed by atoms with van der Waals surface area (Å²) >= 11 is 0. The van der Waals surface area contributed by atoms with Crippen LogP contribution in [-0.4, -0.2) is 62.1 Å². The summed E-state index contributed by atoms with van der Waals surface area (Å²) in [5.41, 5.74) is 0.472. The molecule has 0 spiro atoms. The topological polar surface area (TPSA) is 32.8 Å². The fourth-order valence-corrected chi connectivity index (χ4v) is 1.65. The zero-order chi connectivity index (χ0) is 12.0. The second-order valence-electron chi connectivity index (χ2n) is 4.41. The number of esters is 1. The Bertz CT molecular complexity index is 245. The number of hydrogen-bond acceptors (Lipinski definition) is 4. The number of carbonyl (C=O) groups excluding carboxylic acids is 1. The molecule has 0 atom stereocenters. The van der Waals surface area contributed by atoms with Crippen LogP contribution in [0.5, 0.6) is 0 Å². The van der Waals surface area contributed by atoms with Gasteiger partial charge in [-0.05, 0) is 20.4 Å². The summed E-state index contributed by atoms with van der Waals surface area (Å²) < 4.78 is 5.04. The molecule has 92 valence electrons. The first kappa shape index (κ1) is 13.2. The maximum absolute atomic E-state index is 11.1.